The van der Waals surface area contributed by atoms with Gasteiger partial charge in [-0.05, 0) is 19.3 Å². The molecule has 2 aliphatic rings. The average Bonchev–Trinajstić information content (AvgIpc) is 2.62. The maximum Gasteiger partial charge on any atom is 0.211 e. The maximum absolute atomic E-state index is 10.4. The summed E-state index contributed by atoms with van der Waals surface area (Å²) in [5.74, 6) is 2.23. The van der Waals surface area contributed by atoms with Crippen LogP contribution < -0.4 is 4.72 Å². The highest BCUT2D eigenvalue weighted by Crippen LogP contribution is 2.03. The molecule has 0 bridgehead atoms. The van der Waals surface area contributed by atoms with Gasteiger partial charge in [0.05, 0.1) is 5.75 Å². The van der Waals surface area contributed by atoms with Crippen molar-refractivity contribution in [3.8, 4) is 0 Å². The number of rotatable bonds is 0. The van der Waals surface area contributed by atoms with Crippen LogP contribution in [0.1, 0.15) is 19.3 Å². The number of sulfonamides is 1. The Labute approximate surface area is 81.6 Å². The number of hydrogen-bond acceptors (Lipinski definition) is 3. The highest BCUT2D eigenvalue weighted by atomic mass is 32.2. The van der Waals surface area contributed by atoms with E-state index in [2.05, 4.69) is 4.72 Å². The molecule has 2 fully saturated rings. The Morgan fingerprint density at radius 3 is 1.85 bits per heavy atom. The molecule has 2 rings (SSSR count). The first-order chi connectivity index (χ1) is 6.10. The van der Waals surface area contributed by atoms with Crippen molar-refractivity contribution in [3.05, 3.63) is 0 Å². The summed E-state index contributed by atoms with van der Waals surface area (Å²) in [6.45, 7) is 0.627. The topological polar surface area (TPSA) is 63.2 Å². The van der Waals surface area contributed by atoms with Gasteiger partial charge in [0.1, 0.15) is 0 Å². The fourth-order valence-corrected chi connectivity index (χ4v) is 3.57. The van der Waals surface area contributed by atoms with Gasteiger partial charge in [-0.3, -0.25) is 4.21 Å². The lowest BCUT2D eigenvalue weighted by Crippen LogP contribution is -2.15. The molecule has 0 aromatic heterocycles. The highest BCUT2D eigenvalue weighted by Gasteiger charge is 2.14. The Balaban J connectivity index is 0.000000132. The van der Waals surface area contributed by atoms with E-state index in [1.807, 2.05) is 0 Å². The fraction of sp³-hybridized carbons (Fsp3) is 1.00. The van der Waals surface area contributed by atoms with E-state index in [4.69, 9.17) is 0 Å². The molecule has 6 heteroatoms. The van der Waals surface area contributed by atoms with Crippen LogP contribution in [0.2, 0.25) is 0 Å². The van der Waals surface area contributed by atoms with E-state index < -0.39 is 20.8 Å². The van der Waals surface area contributed by atoms with Crippen LogP contribution >= 0.6 is 0 Å². The summed E-state index contributed by atoms with van der Waals surface area (Å²) in [5.41, 5.74) is 0. The van der Waals surface area contributed by atoms with E-state index in [-0.39, 0.29) is 0 Å². The van der Waals surface area contributed by atoms with Gasteiger partial charge in [-0.2, -0.15) is 0 Å². The molecular weight excluding hydrogens is 210 g/mol. The molecule has 0 aromatic rings. The predicted octanol–water partition coefficient (Wildman–Crippen LogP) is -0.162. The molecule has 0 aromatic carbocycles. The summed E-state index contributed by atoms with van der Waals surface area (Å²) >= 11 is 0. The van der Waals surface area contributed by atoms with E-state index in [1.165, 1.54) is 12.8 Å². The lowest BCUT2D eigenvalue weighted by molar-refractivity contribution is 0.594. The van der Waals surface area contributed by atoms with Gasteiger partial charge in [0, 0.05) is 28.9 Å². The first-order valence-corrected chi connectivity index (χ1v) is 7.56. The molecule has 2 saturated heterocycles. The third-order valence-corrected chi connectivity index (χ3v) is 4.86. The molecule has 4 nitrogen and oxygen atoms in total. The van der Waals surface area contributed by atoms with E-state index in [9.17, 15) is 12.6 Å². The second-order valence-corrected chi connectivity index (χ2v) is 6.74. The lowest BCUT2D eigenvalue weighted by Gasteiger charge is -1.84. The van der Waals surface area contributed by atoms with Crippen molar-refractivity contribution >= 4 is 20.8 Å². The van der Waals surface area contributed by atoms with Gasteiger partial charge in [-0.15, -0.1) is 0 Å². The van der Waals surface area contributed by atoms with Crippen molar-refractivity contribution in [2.45, 2.75) is 19.3 Å². The summed E-state index contributed by atoms with van der Waals surface area (Å²) in [6.07, 6.45) is 3.14. The van der Waals surface area contributed by atoms with Crippen molar-refractivity contribution in [3.63, 3.8) is 0 Å². The Morgan fingerprint density at radius 2 is 1.69 bits per heavy atom. The third-order valence-electron chi connectivity index (χ3n) is 1.91. The normalized spacial score (nSPS) is 26.8. The van der Waals surface area contributed by atoms with E-state index >= 15 is 0 Å². The summed E-state index contributed by atoms with van der Waals surface area (Å²) in [4.78, 5) is 0. The molecule has 0 aliphatic carbocycles. The van der Waals surface area contributed by atoms with Crippen LogP contribution in [0.4, 0.5) is 0 Å². The molecule has 0 spiro atoms. The minimum atomic E-state index is -2.80. The Hall–Kier alpha value is 0.0600. The number of hydrogen-bond donors (Lipinski definition) is 1. The molecule has 0 unspecified atom stereocenters. The zero-order valence-corrected chi connectivity index (χ0v) is 9.12. The second kappa shape index (κ2) is 5.07. The Bertz CT molecular complexity index is 253. The third kappa shape index (κ3) is 4.73. The largest absolute Gasteiger partial charge is 0.260 e. The van der Waals surface area contributed by atoms with Crippen molar-refractivity contribution in [2.24, 2.45) is 0 Å². The van der Waals surface area contributed by atoms with Gasteiger partial charge in [-0.1, -0.05) is 0 Å². The average molecular weight is 225 g/mol. The molecule has 0 radical (unpaired) electrons. The molecular formula is C7H15NO3S2. The summed E-state index contributed by atoms with van der Waals surface area (Å²) in [6, 6.07) is 0. The van der Waals surface area contributed by atoms with Gasteiger partial charge in [-0.25, -0.2) is 13.1 Å². The smallest absolute Gasteiger partial charge is 0.211 e. The van der Waals surface area contributed by atoms with Crippen LogP contribution in [0.3, 0.4) is 0 Å². The monoisotopic (exact) mass is 225 g/mol. The molecule has 78 valence electrons. The van der Waals surface area contributed by atoms with Crippen LogP contribution in [-0.4, -0.2) is 36.4 Å². The maximum atomic E-state index is 10.4. The van der Waals surface area contributed by atoms with Gasteiger partial charge in [0.2, 0.25) is 10.0 Å². The van der Waals surface area contributed by atoms with Crippen LogP contribution in [0.5, 0.6) is 0 Å². The molecule has 2 heterocycles. The van der Waals surface area contributed by atoms with Gasteiger partial charge < -0.3 is 0 Å². The standard InChI is InChI=1S/C4H8OS.C3H7NO2S/c5-6-3-1-2-4-6;5-7(6)3-1-2-4-7/h1-4H2;4H,1-3H2. The summed E-state index contributed by atoms with van der Waals surface area (Å²) < 4.78 is 33.4. The van der Waals surface area contributed by atoms with Crippen LogP contribution in [0.25, 0.3) is 0 Å². The second-order valence-electron chi connectivity index (χ2n) is 3.12. The molecule has 0 atom stereocenters. The zero-order valence-electron chi connectivity index (χ0n) is 7.49. The Kier molecular flexibility index (Phi) is 4.34. The molecule has 13 heavy (non-hydrogen) atoms. The lowest BCUT2D eigenvalue weighted by atomic mass is 10.4. The quantitative estimate of drug-likeness (QED) is 0.623. The van der Waals surface area contributed by atoms with E-state index in [0.29, 0.717) is 12.3 Å². The number of nitrogens with one attached hydrogen (secondary N) is 1. The van der Waals surface area contributed by atoms with Crippen molar-refractivity contribution in [2.75, 3.05) is 23.8 Å². The first kappa shape index (κ1) is 11.1. The van der Waals surface area contributed by atoms with Crippen molar-refractivity contribution in [1.29, 1.82) is 0 Å². The SMILES string of the molecule is O=S1(=O)CCCN1.O=S1CCCC1. The molecule has 0 saturated carbocycles. The van der Waals surface area contributed by atoms with E-state index in [1.54, 1.807) is 0 Å². The minimum Gasteiger partial charge on any atom is -0.260 e. The van der Waals surface area contributed by atoms with Gasteiger partial charge in [0.25, 0.3) is 0 Å². The minimum absolute atomic E-state index is 0.312. The molecule has 2 aliphatic heterocycles. The van der Waals surface area contributed by atoms with Crippen LogP contribution in [-0.2, 0) is 20.8 Å². The van der Waals surface area contributed by atoms with Gasteiger partial charge in [0.15, 0.2) is 0 Å². The van der Waals surface area contributed by atoms with Crippen molar-refractivity contribution in [1.82, 2.24) is 4.72 Å². The summed E-state index contributed by atoms with van der Waals surface area (Å²) in [7, 11) is -3.22. The molecule has 1 N–H and O–H groups in total. The summed E-state index contributed by atoms with van der Waals surface area (Å²) in [5, 5.41) is 0. The highest BCUT2D eigenvalue weighted by molar-refractivity contribution is 7.89. The molecule has 0 amide bonds. The van der Waals surface area contributed by atoms with Crippen LogP contribution in [0, 0.1) is 0 Å². The first-order valence-electron chi connectivity index (χ1n) is 4.42. The predicted molar refractivity (Wildman–Crippen MR) is 53.5 cm³/mol. The van der Waals surface area contributed by atoms with Crippen molar-refractivity contribution < 1.29 is 12.6 Å². The van der Waals surface area contributed by atoms with E-state index in [0.717, 1.165) is 17.9 Å². The van der Waals surface area contributed by atoms with Crippen LogP contribution in [0.15, 0.2) is 0 Å². The van der Waals surface area contributed by atoms with Gasteiger partial charge >= 0.3 is 0 Å². The zero-order chi connectivity index (χ0) is 9.73. The Morgan fingerprint density at radius 1 is 1.08 bits per heavy atom. The fourth-order valence-electron chi connectivity index (χ4n) is 1.19.